The van der Waals surface area contributed by atoms with Crippen molar-refractivity contribution in [1.29, 1.82) is 0 Å². The lowest BCUT2D eigenvalue weighted by molar-refractivity contribution is -0.120. The normalized spacial score (nSPS) is 11.0. The molecule has 0 aliphatic rings. The zero-order valence-corrected chi connectivity index (χ0v) is 16.9. The molecule has 1 N–H and O–H groups in total. The van der Waals surface area contributed by atoms with Crippen molar-refractivity contribution < 1.29 is 14.3 Å². The van der Waals surface area contributed by atoms with Crippen LogP contribution in [0.1, 0.15) is 21.6 Å². The topological polar surface area (TPSA) is 90.5 Å². The van der Waals surface area contributed by atoms with E-state index in [2.05, 4.69) is 31.6 Å². The first-order chi connectivity index (χ1) is 13.4. The second kappa shape index (κ2) is 8.66. The number of nitrogens with one attached hydrogen (secondary N) is 1. The first kappa shape index (κ1) is 19.6. The van der Waals surface area contributed by atoms with E-state index in [1.165, 1.54) is 10.9 Å². The number of aryl methyl sites for hydroxylation is 2. The fraction of sp³-hybridized carbons (Fsp3) is 0.158. The molecule has 0 saturated heterocycles. The maximum atomic E-state index is 12.2. The molecule has 0 bridgehead atoms. The number of aromatic nitrogens is 3. The molecule has 9 heteroatoms. The third kappa shape index (κ3) is 4.95. The summed E-state index contributed by atoms with van der Waals surface area (Å²) in [6, 6.07) is 10.5. The van der Waals surface area contributed by atoms with Crippen LogP contribution in [0.25, 0.3) is 0 Å². The van der Waals surface area contributed by atoms with Gasteiger partial charge in [-0.3, -0.25) is 9.48 Å². The van der Waals surface area contributed by atoms with Crippen molar-refractivity contribution in [1.82, 2.24) is 19.8 Å². The van der Waals surface area contributed by atoms with Gasteiger partial charge >= 0.3 is 5.97 Å². The van der Waals surface area contributed by atoms with Crippen LogP contribution >= 0.6 is 15.9 Å². The molecule has 0 aliphatic heterocycles. The van der Waals surface area contributed by atoms with Crippen LogP contribution in [0, 0.1) is 0 Å². The summed E-state index contributed by atoms with van der Waals surface area (Å²) >= 11 is 3.22. The van der Waals surface area contributed by atoms with Gasteiger partial charge in [-0.2, -0.15) is 10.2 Å². The van der Waals surface area contributed by atoms with Crippen molar-refractivity contribution in [3.63, 3.8) is 0 Å². The molecule has 0 spiro atoms. The number of carbonyl (C=O) groups is 2. The van der Waals surface area contributed by atoms with Crippen LogP contribution in [-0.2, 0) is 25.3 Å². The Morgan fingerprint density at radius 1 is 1.25 bits per heavy atom. The van der Waals surface area contributed by atoms with Crippen LogP contribution in [0.5, 0.6) is 5.75 Å². The number of benzene rings is 1. The number of hydrazone groups is 1. The molecule has 1 amide bonds. The number of carbonyl (C=O) groups excluding carboxylic acids is 2. The molecule has 1 aromatic carbocycles. The highest BCUT2D eigenvalue weighted by Crippen LogP contribution is 2.18. The Morgan fingerprint density at radius 2 is 2.00 bits per heavy atom. The van der Waals surface area contributed by atoms with Crippen molar-refractivity contribution in [2.45, 2.75) is 6.42 Å². The van der Waals surface area contributed by atoms with Crippen LogP contribution in [0.4, 0.5) is 0 Å². The maximum absolute atomic E-state index is 12.2. The van der Waals surface area contributed by atoms with Gasteiger partial charge < -0.3 is 9.30 Å². The first-order valence-corrected chi connectivity index (χ1v) is 9.15. The number of hydrogen-bond acceptors (Lipinski definition) is 5. The van der Waals surface area contributed by atoms with Gasteiger partial charge in [0.2, 0.25) is 5.91 Å². The highest BCUT2D eigenvalue weighted by atomic mass is 79.9. The third-order valence-electron chi connectivity index (χ3n) is 3.89. The average molecular weight is 444 g/mol. The second-order valence-electron chi connectivity index (χ2n) is 6.05. The summed E-state index contributed by atoms with van der Waals surface area (Å²) in [5.41, 5.74) is 4.49. The lowest BCUT2D eigenvalue weighted by atomic mass is 10.2. The summed E-state index contributed by atoms with van der Waals surface area (Å²) in [6.07, 6.45) is 5.23. The molecule has 0 fully saturated rings. The molecule has 0 saturated carbocycles. The summed E-state index contributed by atoms with van der Waals surface area (Å²) < 4.78 is 9.15. The summed E-state index contributed by atoms with van der Waals surface area (Å²) in [5.74, 6) is -0.314. The average Bonchev–Trinajstić information content (AvgIpc) is 3.21. The minimum atomic E-state index is -0.505. The van der Waals surface area contributed by atoms with Crippen molar-refractivity contribution in [2.75, 3.05) is 0 Å². The molecule has 0 atom stereocenters. The molecular formula is C19H18BrN5O3. The van der Waals surface area contributed by atoms with E-state index < -0.39 is 5.97 Å². The molecule has 0 radical (unpaired) electrons. The van der Waals surface area contributed by atoms with Gasteiger partial charge in [0, 0.05) is 32.2 Å². The molecule has 0 aliphatic carbocycles. The lowest BCUT2D eigenvalue weighted by Gasteiger charge is -2.04. The van der Waals surface area contributed by atoms with E-state index in [4.69, 9.17) is 4.74 Å². The zero-order valence-electron chi connectivity index (χ0n) is 15.3. The van der Waals surface area contributed by atoms with Gasteiger partial charge in [-0.05, 0) is 57.9 Å². The number of rotatable bonds is 6. The maximum Gasteiger partial charge on any atom is 0.347 e. The molecule has 2 heterocycles. The van der Waals surface area contributed by atoms with E-state index in [9.17, 15) is 9.59 Å². The predicted molar refractivity (Wildman–Crippen MR) is 107 cm³/mol. The van der Waals surface area contributed by atoms with E-state index in [-0.39, 0.29) is 12.3 Å². The van der Waals surface area contributed by atoms with Crippen molar-refractivity contribution in [2.24, 2.45) is 19.2 Å². The summed E-state index contributed by atoms with van der Waals surface area (Å²) in [5, 5.41) is 7.99. The minimum absolute atomic E-state index is 0.203. The number of amides is 1. The van der Waals surface area contributed by atoms with Gasteiger partial charge in [-0.1, -0.05) is 0 Å². The number of ether oxygens (including phenoxy) is 1. The van der Waals surface area contributed by atoms with Crippen LogP contribution in [0.2, 0.25) is 0 Å². The summed E-state index contributed by atoms with van der Waals surface area (Å²) in [6.45, 7) is 0. The smallest absolute Gasteiger partial charge is 0.347 e. The Kier molecular flexibility index (Phi) is 6.05. The molecule has 8 nitrogen and oxygen atoms in total. The molecule has 3 rings (SSSR count). The highest BCUT2D eigenvalue weighted by Gasteiger charge is 2.16. The van der Waals surface area contributed by atoms with Gasteiger partial charge in [0.1, 0.15) is 15.9 Å². The Balaban J connectivity index is 1.53. The molecule has 144 valence electrons. The highest BCUT2D eigenvalue weighted by molar-refractivity contribution is 9.10. The van der Waals surface area contributed by atoms with Crippen LogP contribution < -0.4 is 10.2 Å². The fourth-order valence-electron chi connectivity index (χ4n) is 2.45. The SMILES string of the molecule is Cn1cc(C(=O)Oc2ccc(C=NNC(=O)Cc3cccn3C)cc2)c(Br)n1. The Morgan fingerprint density at radius 3 is 2.61 bits per heavy atom. The van der Waals surface area contributed by atoms with E-state index in [1.807, 2.05) is 29.9 Å². The number of nitrogens with zero attached hydrogens (tertiary/aromatic N) is 4. The van der Waals surface area contributed by atoms with E-state index in [0.29, 0.717) is 15.9 Å². The van der Waals surface area contributed by atoms with E-state index >= 15 is 0 Å². The molecule has 2 aromatic heterocycles. The predicted octanol–water partition coefficient (Wildman–Crippen LogP) is 2.43. The van der Waals surface area contributed by atoms with Gasteiger partial charge in [0.15, 0.2) is 0 Å². The van der Waals surface area contributed by atoms with Gasteiger partial charge in [-0.15, -0.1) is 0 Å². The second-order valence-corrected chi connectivity index (χ2v) is 6.80. The summed E-state index contributed by atoms with van der Waals surface area (Å²) in [4.78, 5) is 24.0. The number of esters is 1. The Bertz CT molecular complexity index is 1020. The van der Waals surface area contributed by atoms with Crippen LogP contribution in [-0.4, -0.2) is 32.4 Å². The van der Waals surface area contributed by atoms with E-state index in [1.54, 1.807) is 37.5 Å². The molecule has 0 unspecified atom stereocenters. The lowest BCUT2D eigenvalue weighted by Crippen LogP contribution is -2.20. The Labute approximate surface area is 169 Å². The number of hydrogen-bond donors (Lipinski definition) is 1. The molecule has 28 heavy (non-hydrogen) atoms. The third-order valence-corrected chi connectivity index (χ3v) is 4.48. The largest absolute Gasteiger partial charge is 0.423 e. The fourth-order valence-corrected chi connectivity index (χ4v) is 2.96. The van der Waals surface area contributed by atoms with Gasteiger partial charge in [-0.25, -0.2) is 10.2 Å². The van der Waals surface area contributed by atoms with E-state index in [0.717, 1.165) is 11.3 Å². The quantitative estimate of drug-likeness (QED) is 0.274. The van der Waals surface area contributed by atoms with Crippen LogP contribution in [0.15, 0.2) is 58.5 Å². The van der Waals surface area contributed by atoms with Crippen LogP contribution in [0.3, 0.4) is 0 Å². The van der Waals surface area contributed by atoms with Crippen molar-refractivity contribution in [3.05, 3.63) is 70.2 Å². The monoisotopic (exact) mass is 443 g/mol. The van der Waals surface area contributed by atoms with Gasteiger partial charge in [0.25, 0.3) is 0 Å². The Hall–Kier alpha value is -3.20. The number of halogens is 1. The molecule has 3 aromatic rings. The summed E-state index contributed by atoms with van der Waals surface area (Å²) in [7, 11) is 3.60. The standard InChI is InChI=1S/C19H18BrN5O3/c1-24-9-3-4-14(24)10-17(26)22-21-11-13-5-7-15(8-6-13)28-19(27)16-12-25(2)23-18(16)20/h3-9,11-12H,10H2,1-2H3,(H,22,26). The van der Waals surface area contributed by atoms with Gasteiger partial charge in [0.05, 0.1) is 12.6 Å². The van der Waals surface area contributed by atoms with Crippen molar-refractivity contribution >= 4 is 34.0 Å². The first-order valence-electron chi connectivity index (χ1n) is 8.36. The zero-order chi connectivity index (χ0) is 20.1. The van der Waals surface area contributed by atoms with Crippen molar-refractivity contribution in [3.8, 4) is 5.75 Å². The molecular weight excluding hydrogens is 426 g/mol. The minimum Gasteiger partial charge on any atom is -0.423 e.